The second-order valence-electron chi connectivity index (χ2n) is 5.75. The van der Waals surface area contributed by atoms with E-state index in [9.17, 15) is 9.59 Å². The van der Waals surface area contributed by atoms with Crippen molar-refractivity contribution < 1.29 is 14.7 Å². The Kier molecular flexibility index (Phi) is 6.37. The average molecular weight is 292 g/mol. The van der Waals surface area contributed by atoms with Gasteiger partial charge >= 0.3 is 5.97 Å². The van der Waals surface area contributed by atoms with Gasteiger partial charge in [-0.2, -0.15) is 0 Å². The zero-order valence-corrected chi connectivity index (χ0v) is 13.1. The van der Waals surface area contributed by atoms with Crippen LogP contribution in [0.1, 0.15) is 25.0 Å². The van der Waals surface area contributed by atoms with E-state index in [0.29, 0.717) is 12.5 Å². The first-order chi connectivity index (χ1) is 9.79. The molecule has 116 valence electrons. The number of carboxylic acids is 1. The van der Waals surface area contributed by atoms with Crippen molar-refractivity contribution in [2.24, 2.45) is 5.92 Å². The van der Waals surface area contributed by atoms with E-state index in [0.717, 1.165) is 16.8 Å². The Hall–Kier alpha value is -1.88. The van der Waals surface area contributed by atoms with Gasteiger partial charge in [0.25, 0.3) is 0 Å². The second-order valence-corrected chi connectivity index (χ2v) is 5.75. The molecule has 0 unspecified atom stereocenters. The number of aliphatic carboxylic acids is 1. The molecule has 2 N–H and O–H groups in total. The summed E-state index contributed by atoms with van der Waals surface area (Å²) in [6.07, 6.45) is 0. The maximum atomic E-state index is 12.1. The first kappa shape index (κ1) is 17.2. The van der Waals surface area contributed by atoms with Crippen molar-refractivity contribution in [2.45, 2.75) is 27.7 Å². The number of carbonyl (C=O) groups excluding carboxylic acids is 1. The van der Waals surface area contributed by atoms with E-state index < -0.39 is 5.97 Å². The number of carbonyl (C=O) groups is 2. The van der Waals surface area contributed by atoms with E-state index in [2.05, 4.69) is 5.32 Å². The highest BCUT2D eigenvalue weighted by Crippen LogP contribution is 2.17. The number of rotatable bonds is 7. The van der Waals surface area contributed by atoms with Gasteiger partial charge in [-0.05, 0) is 37.0 Å². The van der Waals surface area contributed by atoms with Crippen molar-refractivity contribution in [1.82, 2.24) is 4.90 Å². The summed E-state index contributed by atoms with van der Waals surface area (Å²) < 4.78 is 0. The van der Waals surface area contributed by atoms with Gasteiger partial charge in [0.05, 0.1) is 13.1 Å². The van der Waals surface area contributed by atoms with Gasteiger partial charge in [0.1, 0.15) is 0 Å². The van der Waals surface area contributed by atoms with Crippen LogP contribution in [0.15, 0.2) is 18.2 Å². The zero-order chi connectivity index (χ0) is 16.0. The third-order valence-electron chi connectivity index (χ3n) is 3.23. The number of hydrogen-bond acceptors (Lipinski definition) is 3. The van der Waals surface area contributed by atoms with Gasteiger partial charge < -0.3 is 10.4 Å². The summed E-state index contributed by atoms with van der Waals surface area (Å²) >= 11 is 0. The van der Waals surface area contributed by atoms with Crippen molar-refractivity contribution in [3.8, 4) is 0 Å². The first-order valence-electron chi connectivity index (χ1n) is 7.09. The van der Waals surface area contributed by atoms with Gasteiger partial charge in [-0.25, -0.2) is 0 Å². The first-order valence-corrected chi connectivity index (χ1v) is 7.09. The minimum Gasteiger partial charge on any atom is -0.480 e. The quantitative estimate of drug-likeness (QED) is 0.809. The van der Waals surface area contributed by atoms with Crippen LogP contribution in [-0.4, -0.2) is 41.5 Å². The average Bonchev–Trinajstić information content (AvgIpc) is 2.33. The van der Waals surface area contributed by atoms with Crippen LogP contribution in [0.4, 0.5) is 5.69 Å². The van der Waals surface area contributed by atoms with E-state index in [-0.39, 0.29) is 19.0 Å². The van der Waals surface area contributed by atoms with Crippen molar-refractivity contribution in [3.63, 3.8) is 0 Å². The molecule has 0 bridgehead atoms. The molecule has 0 atom stereocenters. The zero-order valence-electron chi connectivity index (χ0n) is 13.1. The van der Waals surface area contributed by atoms with Gasteiger partial charge in [0.2, 0.25) is 5.91 Å². The highest BCUT2D eigenvalue weighted by molar-refractivity contribution is 5.93. The molecular formula is C16H24N2O3. The smallest absolute Gasteiger partial charge is 0.317 e. The predicted molar refractivity (Wildman–Crippen MR) is 83.5 cm³/mol. The largest absolute Gasteiger partial charge is 0.480 e. The summed E-state index contributed by atoms with van der Waals surface area (Å²) in [7, 11) is 0. The molecule has 0 aromatic heterocycles. The fourth-order valence-corrected chi connectivity index (χ4v) is 2.17. The second kappa shape index (κ2) is 7.78. The molecule has 1 aromatic carbocycles. The van der Waals surface area contributed by atoms with Gasteiger partial charge in [-0.3, -0.25) is 14.5 Å². The fourth-order valence-electron chi connectivity index (χ4n) is 2.17. The SMILES string of the molecule is Cc1cccc(NC(=O)CN(CC(=O)O)CC(C)C)c1C. The predicted octanol–water partition coefficient (Wildman–Crippen LogP) is 2.28. The van der Waals surface area contributed by atoms with E-state index in [1.165, 1.54) is 0 Å². The summed E-state index contributed by atoms with van der Waals surface area (Å²) in [5.74, 6) is -0.807. The lowest BCUT2D eigenvalue weighted by Gasteiger charge is -2.22. The van der Waals surface area contributed by atoms with Gasteiger partial charge in [-0.15, -0.1) is 0 Å². The number of anilines is 1. The van der Waals surface area contributed by atoms with Crippen LogP contribution in [0.25, 0.3) is 0 Å². The van der Waals surface area contributed by atoms with Crippen molar-refractivity contribution in [3.05, 3.63) is 29.3 Å². The number of hydrogen-bond donors (Lipinski definition) is 2. The number of amides is 1. The molecule has 0 saturated carbocycles. The molecule has 5 heteroatoms. The third-order valence-corrected chi connectivity index (χ3v) is 3.23. The third kappa shape index (κ3) is 5.95. The van der Waals surface area contributed by atoms with E-state index >= 15 is 0 Å². The summed E-state index contributed by atoms with van der Waals surface area (Å²) in [5, 5.41) is 11.8. The van der Waals surface area contributed by atoms with Crippen molar-refractivity contribution in [2.75, 3.05) is 25.0 Å². The van der Waals surface area contributed by atoms with Crippen molar-refractivity contribution >= 4 is 17.6 Å². The van der Waals surface area contributed by atoms with Gasteiger partial charge in [-0.1, -0.05) is 26.0 Å². The highest BCUT2D eigenvalue weighted by Gasteiger charge is 2.16. The Labute approximate surface area is 126 Å². The van der Waals surface area contributed by atoms with Crippen LogP contribution in [0.5, 0.6) is 0 Å². The molecule has 0 fully saturated rings. The summed E-state index contributed by atoms with van der Waals surface area (Å²) in [6.45, 7) is 8.46. The molecule has 0 spiro atoms. The fraction of sp³-hybridized carbons (Fsp3) is 0.500. The Balaban J connectivity index is 2.69. The lowest BCUT2D eigenvalue weighted by molar-refractivity contribution is -0.138. The number of aryl methyl sites for hydroxylation is 1. The number of nitrogens with one attached hydrogen (secondary N) is 1. The standard InChI is InChI=1S/C16H24N2O3/c1-11(2)8-18(10-16(20)21)9-15(19)17-14-7-5-6-12(3)13(14)4/h5-7,11H,8-10H2,1-4H3,(H,17,19)(H,20,21). The van der Waals surface area contributed by atoms with Gasteiger partial charge in [0.15, 0.2) is 0 Å². The molecule has 21 heavy (non-hydrogen) atoms. The normalized spacial score (nSPS) is 11.0. The summed E-state index contributed by atoms with van der Waals surface area (Å²) in [6, 6.07) is 5.73. The van der Waals surface area contributed by atoms with Crippen molar-refractivity contribution in [1.29, 1.82) is 0 Å². The van der Waals surface area contributed by atoms with E-state index in [1.807, 2.05) is 45.9 Å². The number of benzene rings is 1. The van der Waals surface area contributed by atoms with Crippen LogP contribution in [0, 0.1) is 19.8 Å². The topological polar surface area (TPSA) is 69.6 Å². The summed E-state index contributed by atoms with van der Waals surface area (Å²) in [4.78, 5) is 24.6. The molecule has 0 aliphatic heterocycles. The Morgan fingerprint density at radius 1 is 1.24 bits per heavy atom. The Bertz CT molecular complexity index is 512. The molecule has 0 aliphatic rings. The molecule has 0 heterocycles. The Morgan fingerprint density at radius 3 is 2.48 bits per heavy atom. The maximum absolute atomic E-state index is 12.1. The lowest BCUT2D eigenvalue weighted by Crippen LogP contribution is -2.39. The summed E-state index contributed by atoms with van der Waals surface area (Å²) in [5.41, 5.74) is 2.91. The molecule has 0 aliphatic carbocycles. The highest BCUT2D eigenvalue weighted by atomic mass is 16.4. The Morgan fingerprint density at radius 2 is 1.90 bits per heavy atom. The van der Waals surface area contributed by atoms with Crippen LogP contribution in [0.2, 0.25) is 0 Å². The molecule has 1 rings (SSSR count). The molecule has 5 nitrogen and oxygen atoms in total. The van der Waals surface area contributed by atoms with Crippen LogP contribution < -0.4 is 5.32 Å². The maximum Gasteiger partial charge on any atom is 0.317 e. The number of carboxylic acid groups (broad SMARTS) is 1. The minimum atomic E-state index is -0.921. The van der Waals surface area contributed by atoms with Crippen LogP contribution >= 0.6 is 0 Å². The molecule has 1 amide bonds. The molecule has 0 saturated heterocycles. The van der Waals surface area contributed by atoms with Gasteiger partial charge in [0, 0.05) is 12.2 Å². The monoisotopic (exact) mass is 292 g/mol. The van der Waals surface area contributed by atoms with Crippen LogP contribution in [0.3, 0.4) is 0 Å². The molecule has 1 aromatic rings. The van der Waals surface area contributed by atoms with Crippen LogP contribution in [-0.2, 0) is 9.59 Å². The van der Waals surface area contributed by atoms with E-state index in [4.69, 9.17) is 5.11 Å². The molecule has 0 radical (unpaired) electrons. The van der Waals surface area contributed by atoms with E-state index in [1.54, 1.807) is 4.90 Å². The molecular weight excluding hydrogens is 268 g/mol. The minimum absolute atomic E-state index is 0.0812. The lowest BCUT2D eigenvalue weighted by atomic mass is 10.1. The number of nitrogens with zero attached hydrogens (tertiary/aromatic N) is 1.